The Morgan fingerprint density at radius 3 is 2.77 bits per heavy atom. The van der Waals surface area contributed by atoms with Gasteiger partial charge in [-0.2, -0.15) is 0 Å². The molecule has 0 unspecified atom stereocenters. The minimum atomic E-state index is -0.813. The van der Waals surface area contributed by atoms with Crippen molar-refractivity contribution in [2.75, 3.05) is 11.9 Å². The van der Waals surface area contributed by atoms with Crippen LogP contribution in [-0.4, -0.2) is 32.6 Å². The van der Waals surface area contributed by atoms with Crippen molar-refractivity contribution in [2.45, 2.75) is 33.2 Å². The molecule has 3 N–H and O–H groups in total. The Bertz CT molecular complexity index is 771. The number of aliphatic carboxylic acids is 1. The van der Waals surface area contributed by atoms with Crippen LogP contribution in [0.5, 0.6) is 0 Å². The zero-order valence-electron chi connectivity index (χ0n) is 14.9. The highest BCUT2D eigenvalue weighted by Crippen LogP contribution is 2.29. The van der Waals surface area contributed by atoms with Gasteiger partial charge >= 0.3 is 5.97 Å². The first-order valence-corrected chi connectivity index (χ1v) is 9.36. The standard InChI is InChI=1S/C16H17N5O2S.C2H6/c22-14(23)6-5-12-15(11-4-1-2-7-17-11)21-16(24-12)20-10-13-18-8-3-9-19-13;1-2/h1-4,8-9,17H,5-7,10H2,(H,20,21)(H,22,23);1-2H3. The van der Waals surface area contributed by atoms with Gasteiger partial charge in [-0.3, -0.25) is 4.79 Å². The van der Waals surface area contributed by atoms with Crippen LogP contribution >= 0.6 is 11.3 Å². The summed E-state index contributed by atoms with van der Waals surface area (Å²) in [7, 11) is 0. The smallest absolute Gasteiger partial charge is 0.303 e. The zero-order valence-corrected chi connectivity index (χ0v) is 15.7. The molecule has 138 valence electrons. The van der Waals surface area contributed by atoms with E-state index in [1.165, 1.54) is 11.3 Å². The third-order valence-corrected chi connectivity index (χ3v) is 4.42. The Morgan fingerprint density at radius 1 is 1.35 bits per heavy atom. The highest BCUT2D eigenvalue weighted by atomic mass is 32.1. The summed E-state index contributed by atoms with van der Waals surface area (Å²) in [4.78, 5) is 24.8. The van der Waals surface area contributed by atoms with E-state index in [9.17, 15) is 4.79 Å². The number of thiazole rings is 1. The minimum Gasteiger partial charge on any atom is -0.481 e. The molecule has 0 bridgehead atoms. The van der Waals surface area contributed by atoms with Crippen molar-refractivity contribution >= 4 is 28.1 Å². The summed E-state index contributed by atoms with van der Waals surface area (Å²) >= 11 is 1.47. The lowest BCUT2D eigenvalue weighted by Gasteiger charge is -2.11. The summed E-state index contributed by atoms with van der Waals surface area (Å²) in [6.07, 6.45) is 9.86. The van der Waals surface area contributed by atoms with Crippen LogP contribution in [0, 0.1) is 0 Å². The molecule has 3 rings (SSSR count). The van der Waals surface area contributed by atoms with Crippen molar-refractivity contribution in [3.63, 3.8) is 0 Å². The molecule has 8 heteroatoms. The number of dihydropyridines is 1. The molecule has 0 saturated heterocycles. The quantitative estimate of drug-likeness (QED) is 0.686. The highest BCUT2D eigenvalue weighted by Gasteiger charge is 2.16. The number of nitrogens with one attached hydrogen (secondary N) is 2. The Morgan fingerprint density at radius 2 is 2.12 bits per heavy atom. The number of carboxylic acids is 1. The van der Waals surface area contributed by atoms with Crippen molar-refractivity contribution in [3.8, 4) is 0 Å². The van der Waals surface area contributed by atoms with E-state index >= 15 is 0 Å². The third kappa shape index (κ3) is 5.66. The van der Waals surface area contributed by atoms with Gasteiger partial charge in [0.05, 0.1) is 18.7 Å². The lowest BCUT2D eigenvalue weighted by molar-refractivity contribution is -0.136. The fourth-order valence-electron chi connectivity index (χ4n) is 2.23. The Balaban J connectivity index is 0.00000117. The van der Waals surface area contributed by atoms with Gasteiger partial charge in [-0.05, 0) is 18.6 Å². The van der Waals surface area contributed by atoms with E-state index in [0.717, 1.165) is 27.9 Å². The molecular weight excluding hydrogens is 350 g/mol. The monoisotopic (exact) mass is 373 g/mol. The van der Waals surface area contributed by atoms with Gasteiger partial charge in [-0.15, -0.1) is 11.3 Å². The Kier molecular flexibility index (Phi) is 7.75. The molecule has 1 aliphatic heterocycles. The van der Waals surface area contributed by atoms with Gasteiger partial charge in [0, 0.05) is 23.8 Å². The first-order chi connectivity index (χ1) is 12.7. The van der Waals surface area contributed by atoms with Gasteiger partial charge in [0.1, 0.15) is 11.5 Å². The second-order valence-corrected chi connectivity index (χ2v) is 6.18. The third-order valence-electron chi connectivity index (χ3n) is 3.34. The number of aryl methyl sites for hydroxylation is 1. The summed E-state index contributed by atoms with van der Waals surface area (Å²) in [5, 5.41) is 16.2. The second kappa shape index (κ2) is 10.3. The first kappa shape index (κ1) is 19.6. The van der Waals surface area contributed by atoms with Crippen molar-refractivity contribution in [3.05, 3.63) is 53.1 Å². The first-order valence-electron chi connectivity index (χ1n) is 8.54. The molecule has 7 nitrogen and oxygen atoms in total. The number of hydrogen-bond donors (Lipinski definition) is 3. The normalized spacial score (nSPS) is 12.5. The molecule has 0 spiro atoms. The van der Waals surface area contributed by atoms with Gasteiger partial charge in [0.25, 0.3) is 0 Å². The number of allylic oxidation sites excluding steroid dienone is 2. The highest BCUT2D eigenvalue weighted by molar-refractivity contribution is 7.15. The van der Waals surface area contributed by atoms with E-state index in [-0.39, 0.29) is 6.42 Å². The maximum absolute atomic E-state index is 10.9. The number of carboxylic acid groups (broad SMARTS) is 1. The van der Waals surface area contributed by atoms with Gasteiger partial charge in [0.15, 0.2) is 5.13 Å². The molecule has 0 amide bonds. The number of hydrogen-bond acceptors (Lipinski definition) is 7. The molecular formula is C18H23N5O2S. The van der Waals surface area contributed by atoms with Crippen molar-refractivity contribution in [2.24, 2.45) is 0 Å². The summed E-state index contributed by atoms with van der Waals surface area (Å²) < 4.78 is 0. The fraction of sp³-hybridized carbons (Fsp3) is 0.333. The SMILES string of the molecule is CC.O=C(O)CCc1sc(NCc2ncccn2)nc1C1=CC=CCN1. The summed E-state index contributed by atoms with van der Waals surface area (Å²) in [6.45, 7) is 5.21. The van der Waals surface area contributed by atoms with Gasteiger partial charge < -0.3 is 15.7 Å². The summed E-state index contributed by atoms with van der Waals surface area (Å²) in [5.41, 5.74) is 1.72. The average molecular weight is 373 g/mol. The lowest BCUT2D eigenvalue weighted by atomic mass is 10.1. The second-order valence-electron chi connectivity index (χ2n) is 5.09. The number of anilines is 1. The molecule has 2 aromatic rings. The maximum Gasteiger partial charge on any atom is 0.303 e. The molecule has 2 aromatic heterocycles. The van der Waals surface area contributed by atoms with Crippen LogP contribution in [-0.2, 0) is 17.8 Å². The number of rotatable bonds is 7. The Labute approximate surface area is 156 Å². The van der Waals surface area contributed by atoms with Gasteiger partial charge in [-0.1, -0.05) is 26.0 Å². The molecule has 26 heavy (non-hydrogen) atoms. The van der Waals surface area contributed by atoms with Crippen molar-refractivity contribution < 1.29 is 9.90 Å². The van der Waals surface area contributed by atoms with E-state index < -0.39 is 5.97 Å². The molecule has 0 radical (unpaired) electrons. The lowest BCUT2D eigenvalue weighted by Crippen LogP contribution is -2.15. The zero-order chi connectivity index (χ0) is 18.8. The number of carbonyl (C=O) groups is 1. The largest absolute Gasteiger partial charge is 0.481 e. The molecule has 1 aliphatic rings. The van der Waals surface area contributed by atoms with E-state index in [0.29, 0.717) is 18.8 Å². The predicted molar refractivity (Wildman–Crippen MR) is 104 cm³/mol. The minimum absolute atomic E-state index is 0.0829. The van der Waals surface area contributed by atoms with E-state index in [4.69, 9.17) is 5.11 Å². The molecule has 0 aromatic carbocycles. The molecule has 0 atom stereocenters. The van der Waals surface area contributed by atoms with Crippen LogP contribution in [0.15, 0.2) is 36.7 Å². The van der Waals surface area contributed by atoms with Crippen LogP contribution in [0.4, 0.5) is 5.13 Å². The molecule has 0 fully saturated rings. The fourth-order valence-corrected chi connectivity index (χ4v) is 3.20. The van der Waals surface area contributed by atoms with Crippen LogP contribution in [0.2, 0.25) is 0 Å². The Hall–Kier alpha value is -2.74. The van der Waals surface area contributed by atoms with Crippen LogP contribution < -0.4 is 10.6 Å². The van der Waals surface area contributed by atoms with Gasteiger partial charge in [0.2, 0.25) is 0 Å². The van der Waals surface area contributed by atoms with E-state index in [1.807, 2.05) is 32.1 Å². The van der Waals surface area contributed by atoms with E-state index in [2.05, 4.69) is 25.6 Å². The average Bonchev–Trinajstić information content (AvgIpc) is 3.11. The number of nitrogens with zero attached hydrogens (tertiary/aromatic N) is 3. The maximum atomic E-state index is 10.9. The molecule has 3 heterocycles. The molecule has 0 saturated carbocycles. The van der Waals surface area contributed by atoms with Crippen molar-refractivity contribution in [1.29, 1.82) is 0 Å². The van der Waals surface area contributed by atoms with Crippen molar-refractivity contribution in [1.82, 2.24) is 20.3 Å². The summed E-state index contributed by atoms with van der Waals surface area (Å²) in [6, 6.07) is 1.77. The molecule has 0 aliphatic carbocycles. The van der Waals surface area contributed by atoms with Crippen LogP contribution in [0.25, 0.3) is 5.70 Å². The van der Waals surface area contributed by atoms with Crippen LogP contribution in [0.3, 0.4) is 0 Å². The van der Waals surface area contributed by atoms with Crippen LogP contribution in [0.1, 0.15) is 36.7 Å². The van der Waals surface area contributed by atoms with E-state index in [1.54, 1.807) is 18.5 Å². The van der Waals surface area contributed by atoms with Gasteiger partial charge in [-0.25, -0.2) is 15.0 Å². The topological polar surface area (TPSA) is 100 Å². The summed E-state index contributed by atoms with van der Waals surface area (Å²) in [5.74, 6) is -0.133. The predicted octanol–water partition coefficient (Wildman–Crippen LogP) is 3.09. The number of aromatic nitrogens is 3.